The van der Waals surface area contributed by atoms with Crippen molar-refractivity contribution in [3.8, 4) is 17.6 Å². The Morgan fingerprint density at radius 2 is 1.81 bits per heavy atom. The standard InChI is InChI=1S/C17H14FNO2/c18-15-10-8-14(9-11-15)5-4-12-19-17(20)13-21-16-6-2-1-3-7-16/h1-3,6-11H,12-13H2,(H,19,20). The van der Waals surface area contributed by atoms with Gasteiger partial charge in [0.25, 0.3) is 5.91 Å². The van der Waals surface area contributed by atoms with Crippen LogP contribution in [0.25, 0.3) is 0 Å². The summed E-state index contributed by atoms with van der Waals surface area (Å²) in [6.07, 6.45) is 0. The summed E-state index contributed by atoms with van der Waals surface area (Å²) in [6, 6.07) is 15.0. The van der Waals surface area contributed by atoms with Crippen LogP contribution in [0.5, 0.6) is 5.75 Å². The minimum atomic E-state index is -0.299. The maximum atomic E-state index is 12.7. The van der Waals surface area contributed by atoms with Crippen LogP contribution in [0.4, 0.5) is 4.39 Å². The molecule has 4 heteroatoms. The maximum absolute atomic E-state index is 12.7. The average molecular weight is 283 g/mol. The third kappa shape index (κ3) is 5.37. The van der Waals surface area contributed by atoms with Crippen molar-refractivity contribution in [2.24, 2.45) is 0 Å². The lowest BCUT2D eigenvalue weighted by atomic mass is 10.2. The minimum Gasteiger partial charge on any atom is -0.484 e. The molecule has 21 heavy (non-hydrogen) atoms. The largest absolute Gasteiger partial charge is 0.484 e. The van der Waals surface area contributed by atoms with Crippen LogP contribution in [0, 0.1) is 17.7 Å². The Kier molecular flexibility index (Phi) is 5.36. The zero-order valence-electron chi connectivity index (χ0n) is 11.3. The van der Waals surface area contributed by atoms with Gasteiger partial charge in [0.2, 0.25) is 0 Å². The molecule has 2 aromatic carbocycles. The third-order valence-corrected chi connectivity index (χ3v) is 2.56. The lowest BCUT2D eigenvalue weighted by Gasteiger charge is -2.04. The van der Waals surface area contributed by atoms with Crippen molar-refractivity contribution >= 4 is 5.91 Å². The molecule has 1 amide bonds. The molecule has 106 valence electrons. The van der Waals surface area contributed by atoms with Crippen LogP contribution in [0.15, 0.2) is 54.6 Å². The normalized spacial score (nSPS) is 9.38. The second-order valence-corrected chi connectivity index (χ2v) is 4.19. The van der Waals surface area contributed by atoms with Crippen LogP contribution in [0.3, 0.4) is 0 Å². The lowest BCUT2D eigenvalue weighted by molar-refractivity contribution is -0.122. The number of nitrogens with one attached hydrogen (secondary N) is 1. The fraction of sp³-hybridized carbons (Fsp3) is 0.118. The number of carbonyl (C=O) groups excluding carboxylic acids is 1. The molecule has 0 aliphatic carbocycles. The number of hydrogen-bond donors (Lipinski definition) is 1. The van der Waals surface area contributed by atoms with Gasteiger partial charge in [-0.15, -0.1) is 0 Å². The molecular formula is C17H14FNO2. The Balaban J connectivity index is 1.71. The second-order valence-electron chi connectivity index (χ2n) is 4.19. The summed E-state index contributed by atoms with van der Waals surface area (Å²) in [7, 11) is 0. The molecule has 0 saturated carbocycles. The molecule has 2 aromatic rings. The number of amides is 1. The van der Waals surface area contributed by atoms with E-state index in [2.05, 4.69) is 17.2 Å². The van der Waals surface area contributed by atoms with Crippen LogP contribution in [-0.2, 0) is 4.79 Å². The summed E-state index contributed by atoms with van der Waals surface area (Å²) in [5.41, 5.74) is 0.700. The van der Waals surface area contributed by atoms with E-state index in [9.17, 15) is 9.18 Å². The van der Waals surface area contributed by atoms with Gasteiger partial charge in [0.15, 0.2) is 6.61 Å². The summed E-state index contributed by atoms with van der Waals surface area (Å²) in [5, 5.41) is 2.62. The molecule has 0 aromatic heterocycles. The van der Waals surface area contributed by atoms with Gasteiger partial charge >= 0.3 is 0 Å². The quantitative estimate of drug-likeness (QED) is 0.875. The first-order valence-electron chi connectivity index (χ1n) is 6.43. The maximum Gasteiger partial charge on any atom is 0.258 e. The molecule has 0 atom stereocenters. The van der Waals surface area contributed by atoms with Gasteiger partial charge in [-0.2, -0.15) is 0 Å². The van der Waals surface area contributed by atoms with E-state index >= 15 is 0 Å². The number of rotatable bonds is 4. The molecule has 0 bridgehead atoms. The van der Waals surface area contributed by atoms with Crippen molar-refractivity contribution in [1.29, 1.82) is 0 Å². The molecule has 1 N–H and O–H groups in total. The fourth-order valence-corrected chi connectivity index (χ4v) is 1.54. The van der Waals surface area contributed by atoms with Gasteiger partial charge in [-0.05, 0) is 36.4 Å². The van der Waals surface area contributed by atoms with Crippen molar-refractivity contribution in [2.45, 2.75) is 0 Å². The third-order valence-electron chi connectivity index (χ3n) is 2.56. The van der Waals surface area contributed by atoms with Crippen LogP contribution < -0.4 is 10.1 Å². The van der Waals surface area contributed by atoms with Crippen molar-refractivity contribution in [3.63, 3.8) is 0 Å². The number of halogens is 1. The van der Waals surface area contributed by atoms with E-state index < -0.39 is 0 Å². The smallest absolute Gasteiger partial charge is 0.258 e. The molecule has 0 fully saturated rings. The molecular weight excluding hydrogens is 269 g/mol. The molecule has 0 saturated heterocycles. The predicted octanol–water partition coefficient (Wildman–Crippen LogP) is 2.37. The highest BCUT2D eigenvalue weighted by molar-refractivity contribution is 5.77. The predicted molar refractivity (Wildman–Crippen MR) is 78.2 cm³/mol. The van der Waals surface area contributed by atoms with Crippen LogP contribution in [0.1, 0.15) is 5.56 Å². The summed E-state index contributed by atoms with van der Waals surface area (Å²) in [6.45, 7) is 0.163. The highest BCUT2D eigenvalue weighted by Crippen LogP contribution is 2.07. The Bertz CT molecular complexity index is 642. The second kappa shape index (κ2) is 7.71. The average Bonchev–Trinajstić information content (AvgIpc) is 2.52. The molecule has 0 aliphatic heterocycles. The first kappa shape index (κ1) is 14.6. The number of hydrogen-bond acceptors (Lipinski definition) is 2. The van der Waals surface area contributed by atoms with Gasteiger partial charge in [-0.3, -0.25) is 4.79 Å². The topological polar surface area (TPSA) is 38.3 Å². The first-order valence-corrected chi connectivity index (χ1v) is 6.43. The van der Waals surface area contributed by atoms with E-state index in [1.807, 2.05) is 18.2 Å². The zero-order valence-corrected chi connectivity index (χ0v) is 11.3. The molecule has 2 rings (SSSR count). The lowest BCUT2D eigenvalue weighted by Crippen LogP contribution is -2.29. The van der Waals surface area contributed by atoms with Gasteiger partial charge in [0.05, 0.1) is 6.54 Å². The zero-order chi connectivity index (χ0) is 14.9. The van der Waals surface area contributed by atoms with Crippen molar-refractivity contribution in [3.05, 3.63) is 66.0 Å². The summed E-state index contributed by atoms with van der Waals surface area (Å²) < 4.78 is 18.0. The van der Waals surface area contributed by atoms with Crippen molar-refractivity contribution in [1.82, 2.24) is 5.32 Å². The van der Waals surface area contributed by atoms with E-state index in [1.165, 1.54) is 12.1 Å². The molecule has 3 nitrogen and oxygen atoms in total. The number of carbonyl (C=O) groups is 1. The first-order chi connectivity index (χ1) is 10.2. The van der Waals surface area contributed by atoms with E-state index in [-0.39, 0.29) is 24.9 Å². The number of ether oxygens (including phenoxy) is 1. The highest BCUT2D eigenvalue weighted by atomic mass is 19.1. The van der Waals surface area contributed by atoms with Gasteiger partial charge in [0, 0.05) is 5.56 Å². The number of benzene rings is 2. The Morgan fingerprint density at radius 3 is 2.52 bits per heavy atom. The van der Waals surface area contributed by atoms with Crippen LogP contribution in [0.2, 0.25) is 0 Å². The van der Waals surface area contributed by atoms with Gasteiger partial charge in [-0.1, -0.05) is 30.0 Å². The Labute approximate surface area is 122 Å². The van der Waals surface area contributed by atoms with Gasteiger partial charge in [-0.25, -0.2) is 4.39 Å². The van der Waals surface area contributed by atoms with Crippen LogP contribution in [-0.4, -0.2) is 19.1 Å². The van der Waals surface area contributed by atoms with Crippen LogP contribution >= 0.6 is 0 Å². The number of para-hydroxylation sites is 1. The van der Waals surface area contributed by atoms with E-state index in [4.69, 9.17) is 4.74 Å². The Morgan fingerprint density at radius 1 is 1.10 bits per heavy atom. The van der Waals surface area contributed by atoms with Gasteiger partial charge < -0.3 is 10.1 Å². The van der Waals surface area contributed by atoms with Crippen molar-refractivity contribution < 1.29 is 13.9 Å². The summed E-state index contributed by atoms with van der Waals surface area (Å²) >= 11 is 0. The molecule has 0 heterocycles. The fourth-order valence-electron chi connectivity index (χ4n) is 1.54. The van der Waals surface area contributed by atoms with Crippen molar-refractivity contribution in [2.75, 3.05) is 13.2 Å². The monoisotopic (exact) mass is 283 g/mol. The van der Waals surface area contributed by atoms with E-state index in [1.54, 1.807) is 24.3 Å². The summed E-state index contributed by atoms with van der Waals surface area (Å²) in [5.74, 6) is 5.72. The molecule has 0 aliphatic rings. The molecule has 0 spiro atoms. The van der Waals surface area contributed by atoms with Gasteiger partial charge in [0.1, 0.15) is 11.6 Å². The minimum absolute atomic E-state index is 0.0533. The molecule has 0 radical (unpaired) electrons. The van der Waals surface area contributed by atoms with E-state index in [0.29, 0.717) is 11.3 Å². The van der Waals surface area contributed by atoms with E-state index in [0.717, 1.165) is 0 Å². The summed E-state index contributed by atoms with van der Waals surface area (Å²) in [4.78, 5) is 11.5. The Hall–Kier alpha value is -2.80. The SMILES string of the molecule is O=C(COc1ccccc1)NCC#Cc1ccc(F)cc1. The highest BCUT2D eigenvalue weighted by Gasteiger charge is 2.00. The molecule has 0 unspecified atom stereocenters.